The number of benzene rings is 2. The monoisotopic (exact) mass is 464 g/mol. The number of rotatable bonds is 5. The number of fused-ring (bicyclic) bond motifs is 1. The molecular formula is C25H25FN4O4. The Bertz CT molecular complexity index is 1160. The van der Waals surface area contributed by atoms with Gasteiger partial charge in [0.25, 0.3) is 5.91 Å². The molecule has 1 N–H and O–H groups in total. The van der Waals surface area contributed by atoms with Crippen molar-refractivity contribution < 1.29 is 23.5 Å². The van der Waals surface area contributed by atoms with Crippen LogP contribution in [-0.2, 0) is 9.59 Å². The van der Waals surface area contributed by atoms with E-state index in [9.17, 15) is 18.8 Å². The molecule has 0 spiro atoms. The second-order valence-electron chi connectivity index (χ2n) is 8.81. The summed E-state index contributed by atoms with van der Waals surface area (Å²) in [6.07, 6.45) is 3.58. The van der Waals surface area contributed by atoms with Crippen molar-refractivity contribution in [2.45, 2.75) is 25.3 Å². The van der Waals surface area contributed by atoms with Gasteiger partial charge in [-0.15, -0.1) is 5.10 Å². The van der Waals surface area contributed by atoms with E-state index in [-0.39, 0.29) is 23.1 Å². The zero-order chi connectivity index (χ0) is 23.7. The SMILES string of the molecule is O=CC1NN=C(Oc2ccc(F)c(C(=O)N3CCN(C(=O)CC4CC4)CC3)c2)c2ccccc21. The zero-order valence-corrected chi connectivity index (χ0v) is 18.6. The smallest absolute Gasteiger partial charge is 0.257 e. The van der Waals surface area contributed by atoms with Gasteiger partial charge in [0, 0.05) is 38.2 Å². The third kappa shape index (κ3) is 4.50. The Morgan fingerprint density at radius 3 is 2.56 bits per heavy atom. The number of hydrazone groups is 1. The Labute approximate surface area is 196 Å². The van der Waals surface area contributed by atoms with Crippen molar-refractivity contribution in [1.82, 2.24) is 15.2 Å². The van der Waals surface area contributed by atoms with E-state index in [1.807, 2.05) is 6.07 Å². The van der Waals surface area contributed by atoms with Gasteiger partial charge in [0.15, 0.2) is 0 Å². The number of ether oxygens (including phenoxy) is 1. The number of carbonyl (C=O) groups is 3. The van der Waals surface area contributed by atoms with Crippen molar-refractivity contribution in [2.75, 3.05) is 26.2 Å². The third-order valence-electron chi connectivity index (χ3n) is 6.43. The van der Waals surface area contributed by atoms with Gasteiger partial charge in [-0.1, -0.05) is 18.2 Å². The fourth-order valence-corrected chi connectivity index (χ4v) is 4.27. The van der Waals surface area contributed by atoms with Crippen LogP contribution in [0.5, 0.6) is 5.75 Å². The van der Waals surface area contributed by atoms with E-state index in [4.69, 9.17) is 4.74 Å². The summed E-state index contributed by atoms with van der Waals surface area (Å²) in [4.78, 5) is 40.0. The zero-order valence-electron chi connectivity index (χ0n) is 18.6. The van der Waals surface area contributed by atoms with E-state index < -0.39 is 17.8 Å². The number of aldehydes is 1. The van der Waals surface area contributed by atoms with E-state index in [2.05, 4.69) is 10.5 Å². The summed E-state index contributed by atoms with van der Waals surface area (Å²) in [5.41, 5.74) is 4.00. The summed E-state index contributed by atoms with van der Waals surface area (Å²) >= 11 is 0. The molecule has 2 aromatic carbocycles. The lowest BCUT2D eigenvalue weighted by Gasteiger charge is -2.35. The van der Waals surface area contributed by atoms with E-state index >= 15 is 0 Å². The molecule has 2 heterocycles. The predicted molar refractivity (Wildman–Crippen MR) is 122 cm³/mol. The maximum absolute atomic E-state index is 14.6. The van der Waals surface area contributed by atoms with Gasteiger partial charge in [-0.05, 0) is 48.6 Å². The molecule has 0 aromatic heterocycles. The highest BCUT2D eigenvalue weighted by Gasteiger charge is 2.31. The first-order valence-corrected chi connectivity index (χ1v) is 11.5. The van der Waals surface area contributed by atoms with Crippen molar-refractivity contribution >= 4 is 24.0 Å². The highest BCUT2D eigenvalue weighted by atomic mass is 19.1. The van der Waals surface area contributed by atoms with Crippen molar-refractivity contribution in [2.24, 2.45) is 11.0 Å². The average molecular weight is 464 g/mol. The van der Waals surface area contributed by atoms with Gasteiger partial charge < -0.3 is 19.3 Å². The lowest BCUT2D eigenvalue weighted by atomic mass is 10.0. The number of hydrogen-bond donors (Lipinski definition) is 1. The first-order chi connectivity index (χ1) is 16.5. The standard InChI is InChI=1S/C25H25FN4O4/c26-21-8-7-17(34-24-19-4-2-1-3-18(19)22(15-31)27-28-24)14-20(21)25(33)30-11-9-29(10-12-30)23(32)13-16-5-6-16/h1-4,7-8,14-16,22,27H,5-6,9-13H2. The second-order valence-corrected chi connectivity index (χ2v) is 8.81. The molecule has 2 fully saturated rings. The lowest BCUT2D eigenvalue weighted by molar-refractivity contribution is -0.133. The van der Waals surface area contributed by atoms with Crippen molar-refractivity contribution in [3.63, 3.8) is 0 Å². The van der Waals surface area contributed by atoms with Crippen LogP contribution < -0.4 is 10.2 Å². The fourth-order valence-electron chi connectivity index (χ4n) is 4.27. The Hall–Kier alpha value is -3.75. The Morgan fingerprint density at radius 1 is 1.09 bits per heavy atom. The van der Waals surface area contributed by atoms with Crippen LogP contribution in [0.15, 0.2) is 47.6 Å². The van der Waals surface area contributed by atoms with Gasteiger partial charge in [0.05, 0.1) is 5.56 Å². The largest absolute Gasteiger partial charge is 0.437 e. The summed E-state index contributed by atoms with van der Waals surface area (Å²) in [5.74, 6) is 0.0425. The summed E-state index contributed by atoms with van der Waals surface area (Å²) in [6, 6.07) is 10.6. The van der Waals surface area contributed by atoms with Crippen LogP contribution in [0.3, 0.4) is 0 Å². The minimum atomic E-state index is -0.644. The fraction of sp³-hybridized carbons (Fsp3) is 0.360. The molecule has 1 saturated heterocycles. The Balaban J connectivity index is 1.28. The first kappa shape index (κ1) is 22.1. The van der Waals surface area contributed by atoms with Crippen molar-refractivity contribution in [1.29, 1.82) is 0 Å². The van der Waals surface area contributed by atoms with Gasteiger partial charge in [-0.25, -0.2) is 4.39 Å². The van der Waals surface area contributed by atoms with Crippen molar-refractivity contribution in [3.05, 3.63) is 65.0 Å². The number of carbonyl (C=O) groups excluding carboxylic acids is 3. The first-order valence-electron chi connectivity index (χ1n) is 11.5. The molecule has 1 saturated carbocycles. The molecule has 176 valence electrons. The topological polar surface area (TPSA) is 91.3 Å². The lowest BCUT2D eigenvalue weighted by Crippen LogP contribution is -2.50. The maximum atomic E-state index is 14.6. The normalized spacial score (nSPS) is 19.6. The molecule has 3 aliphatic rings. The summed E-state index contributed by atoms with van der Waals surface area (Å²) in [5, 5.41) is 4.14. The van der Waals surface area contributed by atoms with E-state index in [1.165, 1.54) is 18.2 Å². The molecule has 0 radical (unpaired) electrons. The number of piperazine rings is 1. The van der Waals surface area contributed by atoms with Gasteiger partial charge in [0.1, 0.15) is 23.9 Å². The number of hydrogen-bond acceptors (Lipinski definition) is 6. The van der Waals surface area contributed by atoms with E-state index in [0.29, 0.717) is 44.1 Å². The minimum absolute atomic E-state index is 0.0984. The van der Waals surface area contributed by atoms with E-state index in [0.717, 1.165) is 24.7 Å². The molecule has 1 aliphatic carbocycles. The van der Waals surface area contributed by atoms with Crippen LogP contribution in [0, 0.1) is 11.7 Å². The number of amides is 2. The second kappa shape index (κ2) is 9.24. The van der Waals surface area contributed by atoms with Crippen LogP contribution in [0.1, 0.15) is 46.8 Å². The third-order valence-corrected chi connectivity index (χ3v) is 6.43. The Kier molecular flexibility index (Phi) is 6.00. The molecular weight excluding hydrogens is 439 g/mol. The molecule has 0 bridgehead atoms. The molecule has 9 heteroatoms. The van der Waals surface area contributed by atoms with Crippen LogP contribution in [0.2, 0.25) is 0 Å². The van der Waals surface area contributed by atoms with Crippen LogP contribution in [0.25, 0.3) is 0 Å². The number of halogens is 1. The molecule has 34 heavy (non-hydrogen) atoms. The minimum Gasteiger partial charge on any atom is -0.437 e. The van der Waals surface area contributed by atoms with Crippen LogP contribution in [0.4, 0.5) is 4.39 Å². The van der Waals surface area contributed by atoms with Gasteiger partial charge >= 0.3 is 0 Å². The van der Waals surface area contributed by atoms with Gasteiger partial charge in [-0.3, -0.25) is 15.0 Å². The molecule has 1 atom stereocenters. The molecule has 8 nitrogen and oxygen atoms in total. The summed E-state index contributed by atoms with van der Waals surface area (Å²) < 4.78 is 20.5. The quantitative estimate of drug-likeness (QED) is 0.687. The summed E-state index contributed by atoms with van der Waals surface area (Å²) in [7, 11) is 0. The predicted octanol–water partition coefficient (Wildman–Crippen LogP) is 2.49. The van der Waals surface area contributed by atoms with Crippen LogP contribution in [-0.4, -0.2) is 60.0 Å². The van der Waals surface area contributed by atoms with Gasteiger partial charge in [-0.2, -0.15) is 0 Å². The molecule has 1 unspecified atom stereocenters. The highest BCUT2D eigenvalue weighted by Crippen LogP contribution is 2.33. The molecule has 2 aliphatic heterocycles. The van der Waals surface area contributed by atoms with E-state index in [1.54, 1.807) is 28.0 Å². The highest BCUT2D eigenvalue weighted by molar-refractivity contribution is 5.99. The number of nitrogens with one attached hydrogen (secondary N) is 1. The molecule has 5 rings (SSSR count). The van der Waals surface area contributed by atoms with Crippen LogP contribution >= 0.6 is 0 Å². The molecule has 2 aromatic rings. The average Bonchev–Trinajstić information content (AvgIpc) is 3.69. The molecule has 2 amide bonds. The number of nitrogens with zero attached hydrogens (tertiary/aromatic N) is 3. The Morgan fingerprint density at radius 2 is 1.82 bits per heavy atom. The van der Waals surface area contributed by atoms with Crippen molar-refractivity contribution in [3.8, 4) is 5.75 Å². The van der Waals surface area contributed by atoms with Gasteiger partial charge in [0.2, 0.25) is 11.8 Å². The summed E-state index contributed by atoms with van der Waals surface area (Å²) in [6.45, 7) is 1.62. The maximum Gasteiger partial charge on any atom is 0.257 e.